The second-order valence-electron chi connectivity index (χ2n) is 12.6. The lowest BCUT2D eigenvalue weighted by Crippen LogP contribution is -2.38. The number of carbonyl (C=O) groups excluding carboxylic acids is 1. The fraction of sp³-hybridized carbons (Fsp3) is 0.342. The van der Waals surface area contributed by atoms with Gasteiger partial charge in [0.1, 0.15) is 23.3 Å². The Morgan fingerprint density at radius 2 is 1.79 bits per heavy atom. The van der Waals surface area contributed by atoms with Crippen LogP contribution < -0.4 is 15.0 Å². The molecule has 0 aliphatic heterocycles. The smallest absolute Gasteiger partial charge is 0.232 e. The summed E-state index contributed by atoms with van der Waals surface area (Å²) in [6.45, 7) is 15.9. The lowest BCUT2D eigenvalue weighted by atomic mass is 9.98. The van der Waals surface area contributed by atoms with E-state index < -0.39 is 0 Å². The standard InChI is InChI=1S/C38H45N6O2PS/c1-9-35(45)44(34-23-26(4)13-22-33(34)25(2)3)28(6)41-37(48)40-27(5)11-10-12-29-14-16-30(17-15-29)36-39-24-43(42-36)31-18-20-32(21-19-31)46-38(7,8)47/h13-25,27H,9,11,47H2,1-8H3,(H,40,48)/b41-28+. The number of anilines is 1. The molecular weight excluding hydrogens is 635 g/mol. The van der Waals surface area contributed by atoms with Crippen LogP contribution in [0.5, 0.6) is 5.75 Å². The van der Waals surface area contributed by atoms with Gasteiger partial charge in [0.2, 0.25) is 5.91 Å². The van der Waals surface area contributed by atoms with Crippen LogP contribution in [0.3, 0.4) is 0 Å². The van der Waals surface area contributed by atoms with Gasteiger partial charge in [-0.15, -0.1) is 5.10 Å². The third kappa shape index (κ3) is 10.1. The first-order chi connectivity index (χ1) is 22.7. The maximum atomic E-state index is 13.1. The van der Waals surface area contributed by atoms with Gasteiger partial charge in [0, 0.05) is 30.0 Å². The maximum absolute atomic E-state index is 13.1. The van der Waals surface area contributed by atoms with Gasteiger partial charge in [-0.2, -0.15) is 0 Å². The zero-order valence-electron chi connectivity index (χ0n) is 29.0. The minimum absolute atomic E-state index is 0.0307. The van der Waals surface area contributed by atoms with E-state index in [2.05, 4.69) is 67.5 Å². The number of aliphatic imine (C=N–C) groups is 1. The van der Waals surface area contributed by atoms with Crippen LogP contribution in [0.2, 0.25) is 0 Å². The first-order valence-corrected chi connectivity index (χ1v) is 17.1. The van der Waals surface area contributed by atoms with Crippen molar-refractivity contribution in [2.75, 3.05) is 4.90 Å². The highest BCUT2D eigenvalue weighted by atomic mass is 32.1. The van der Waals surface area contributed by atoms with Gasteiger partial charge in [-0.05, 0) is 118 Å². The summed E-state index contributed by atoms with van der Waals surface area (Å²) < 4.78 is 7.62. The summed E-state index contributed by atoms with van der Waals surface area (Å²) in [6, 6.07) is 21.8. The van der Waals surface area contributed by atoms with E-state index in [-0.39, 0.29) is 23.2 Å². The molecule has 2 atom stereocenters. The molecule has 4 rings (SSSR count). The van der Waals surface area contributed by atoms with Gasteiger partial charge in [0.15, 0.2) is 10.9 Å². The normalized spacial score (nSPS) is 12.2. The minimum Gasteiger partial charge on any atom is -0.484 e. The van der Waals surface area contributed by atoms with Crippen LogP contribution in [0.1, 0.15) is 83.9 Å². The number of amides is 1. The molecule has 1 N–H and O–H groups in total. The monoisotopic (exact) mass is 680 g/mol. The number of ether oxygens (including phenoxy) is 1. The molecule has 0 aliphatic rings. The van der Waals surface area contributed by atoms with Crippen LogP contribution in [-0.2, 0) is 4.79 Å². The molecule has 0 fully saturated rings. The molecule has 8 nitrogen and oxygen atoms in total. The van der Waals surface area contributed by atoms with Gasteiger partial charge < -0.3 is 10.1 Å². The summed E-state index contributed by atoms with van der Waals surface area (Å²) in [7, 11) is 2.68. The van der Waals surface area contributed by atoms with E-state index in [1.54, 1.807) is 15.9 Å². The van der Waals surface area contributed by atoms with Gasteiger partial charge in [-0.1, -0.05) is 54.0 Å². The highest BCUT2D eigenvalue weighted by molar-refractivity contribution is 7.80. The second-order valence-corrected chi connectivity index (χ2v) is 14.4. The molecule has 4 aromatic rings. The molecule has 1 aromatic heterocycles. The van der Waals surface area contributed by atoms with Crippen molar-refractivity contribution in [3.63, 3.8) is 0 Å². The molecule has 0 spiro atoms. The van der Waals surface area contributed by atoms with Crippen molar-refractivity contribution in [3.05, 3.63) is 89.7 Å². The van der Waals surface area contributed by atoms with E-state index in [9.17, 15) is 4.79 Å². The number of amidine groups is 1. The minimum atomic E-state index is -0.337. The fourth-order valence-corrected chi connectivity index (χ4v) is 5.44. The first-order valence-electron chi connectivity index (χ1n) is 16.1. The zero-order valence-corrected chi connectivity index (χ0v) is 31.0. The van der Waals surface area contributed by atoms with Crippen molar-refractivity contribution >= 4 is 44.0 Å². The zero-order chi connectivity index (χ0) is 35.0. The van der Waals surface area contributed by atoms with Gasteiger partial charge in [-0.3, -0.25) is 9.69 Å². The number of hydrogen-bond acceptors (Lipinski definition) is 5. The Morgan fingerprint density at radius 1 is 1.10 bits per heavy atom. The molecule has 250 valence electrons. The van der Waals surface area contributed by atoms with E-state index >= 15 is 0 Å². The van der Waals surface area contributed by atoms with Crippen molar-refractivity contribution in [3.8, 4) is 34.7 Å². The molecule has 1 heterocycles. The van der Waals surface area contributed by atoms with E-state index in [1.807, 2.05) is 96.1 Å². The second kappa shape index (κ2) is 16.1. The molecule has 48 heavy (non-hydrogen) atoms. The Balaban J connectivity index is 1.36. The third-order valence-electron chi connectivity index (χ3n) is 7.32. The van der Waals surface area contributed by atoms with Crippen molar-refractivity contribution in [2.24, 2.45) is 4.99 Å². The quantitative estimate of drug-likeness (QED) is 0.0631. The number of nitrogens with one attached hydrogen (secondary N) is 1. The number of rotatable bonds is 9. The topological polar surface area (TPSA) is 84.6 Å². The molecule has 3 aromatic carbocycles. The summed E-state index contributed by atoms with van der Waals surface area (Å²) in [4.78, 5) is 23.9. The predicted octanol–water partition coefficient (Wildman–Crippen LogP) is 8.22. The number of thiocarbonyl (C=S) groups is 1. The van der Waals surface area contributed by atoms with Crippen molar-refractivity contribution in [1.29, 1.82) is 0 Å². The van der Waals surface area contributed by atoms with E-state index in [0.717, 1.165) is 39.4 Å². The summed E-state index contributed by atoms with van der Waals surface area (Å²) >= 11 is 5.57. The Labute approximate surface area is 292 Å². The molecule has 0 saturated carbocycles. The highest BCUT2D eigenvalue weighted by Crippen LogP contribution is 2.30. The third-order valence-corrected chi connectivity index (χ3v) is 7.64. The van der Waals surface area contributed by atoms with Crippen LogP contribution >= 0.6 is 21.5 Å². The lowest BCUT2D eigenvalue weighted by molar-refractivity contribution is -0.117. The number of hydrogen-bond donors (Lipinski definition) is 1. The average molecular weight is 681 g/mol. The summed E-state index contributed by atoms with van der Waals surface area (Å²) in [5, 5.41) is 7.87. The van der Waals surface area contributed by atoms with Gasteiger partial charge >= 0.3 is 0 Å². The van der Waals surface area contributed by atoms with E-state index in [0.29, 0.717) is 29.6 Å². The Morgan fingerprint density at radius 3 is 2.42 bits per heavy atom. The molecule has 0 bridgehead atoms. The molecule has 0 radical (unpaired) electrons. The molecule has 0 aliphatic carbocycles. The number of benzene rings is 3. The van der Waals surface area contributed by atoms with Crippen molar-refractivity contribution in [2.45, 2.75) is 85.5 Å². The van der Waals surface area contributed by atoms with Crippen LogP contribution in [0.25, 0.3) is 17.1 Å². The van der Waals surface area contributed by atoms with Gasteiger partial charge in [0.05, 0.1) is 11.4 Å². The molecule has 10 heteroatoms. The Kier molecular flexibility index (Phi) is 12.3. The largest absolute Gasteiger partial charge is 0.484 e. The molecule has 0 saturated heterocycles. The fourth-order valence-electron chi connectivity index (χ4n) is 4.97. The van der Waals surface area contributed by atoms with Gasteiger partial charge in [-0.25, -0.2) is 14.7 Å². The number of aryl methyl sites for hydroxylation is 1. The SMILES string of the molecule is CCC(=O)N(/C(C)=N/C(=S)NC(C)CC#Cc1ccc(-c2ncn(-c3ccc(OC(C)(C)P)cc3)n2)cc1)c1cc(C)ccc1C(C)C. The van der Waals surface area contributed by atoms with Crippen LogP contribution in [0.4, 0.5) is 5.69 Å². The number of nitrogens with zero attached hydrogens (tertiary/aromatic N) is 5. The Bertz CT molecular complexity index is 1830. The van der Waals surface area contributed by atoms with Crippen molar-refractivity contribution < 1.29 is 9.53 Å². The summed E-state index contributed by atoms with van der Waals surface area (Å²) in [5.74, 6) is 8.63. The summed E-state index contributed by atoms with van der Waals surface area (Å²) in [6.07, 6.45) is 2.62. The van der Waals surface area contributed by atoms with Gasteiger partial charge in [0.25, 0.3) is 0 Å². The molecule has 2 unspecified atom stereocenters. The van der Waals surface area contributed by atoms with Crippen LogP contribution in [-0.4, -0.2) is 43.0 Å². The number of aromatic nitrogens is 3. The average Bonchev–Trinajstić information content (AvgIpc) is 3.51. The maximum Gasteiger partial charge on any atom is 0.232 e. The van der Waals surface area contributed by atoms with Crippen molar-refractivity contribution in [1.82, 2.24) is 20.1 Å². The van der Waals surface area contributed by atoms with Crippen LogP contribution in [0.15, 0.2) is 78.0 Å². The predicted molar refractivity (Wildman–Crippen MR) is 204 cm³/mol. The molecule has 1 amide bonds. The molecular formula is C38H45N6O2PS. The van der Waals surface area contributed by atoms with Crippen LogP contribution in [0, 0.1) is 18.8 Å². The highest BCUT2D eigenvalue weighted by Gasteiger charge is 2.22. The Hall–Kier alpha value is -4.38. The summed E-state index contributed by atoms with van der Waals surface area (Å²) in [5.41, 5.74) is 5.71. The number of carbonyl (C=O) groups is 1. The van der Waals surface area contributed by atoms with E-state index in [4.69, 9.17) is 17.0 Å². The lowest BCUT2D eigenvalue weighted by Gasteiger charge is -2.26. The van der Waals surface area contributed by atoms with E-state index in [1.165, 1.54) is 0 Å². The first kappa shape index (κ1) is 36.5.